The van der Waals surface area contributed by atoms with Crippen molar-refractivity contribution in [3.8, 4) is 0 Å². The van der Waals surface area contributed by atoms with Gasteiger partial charge >= 0.3 is 5.30 Å². The average molecular weight is 118 g/mol. The normalized spacial score (nSPS) is 30.4. The SMILES string of the molecule is C[C@H]1CSC(=O)O1. The standard InChI is InChI=1S/C4H6O2S/c1-3-2-7-4(5)6-3/h3H,2H2,1H3/t3-/m0/s1. The Morgan fingerprint density at radius 3 is 2.86 bits per heavy atom. The first kappa shape index (κ1) is 4.97. The van der Waals surface area contributed by atoms with E-state index in [1.54, 1.807) is 0 Å². The Bertz CT molecular complexity index is 91.7. The molecular weight excluding hydrogens is 112 g/mol. The van der Waals surface area contributed by atoms with Gasteiger partial charge < -0.3 is 4.74 Å². The molecule has 0 N–H and O–H groups in total. The van der Waals surface area contributed by atoms with Gasteiger partial charge in [-0.3, -0.25) is 0 Å². The molecule has 0 saturated carbocycles. The quantitative estimate of drug-likeness (QED) is 0.448. The first-order valence-corrected chi connectivity index (χ1v) is 3.11. The smallest absolute Gasteiger partial charge is 0.367 e. The first-order chi connectivity index (χ1) is 3.29. The van der Waals surface area contributed by atoms with Crippen LogP contribution in [0.25, 0.3) is 0 Å². The highest BCUT2D eigenvalue weighted by Crippen LogP contribution is 2.18. The van der Waals surface area contributed by atoms with E-state index in [9.17, 15) is 4.79 Å². The van der Waals surface area contributed by atoms with Crippen LogP contribution < -0.4 is 0 Å². The van der Waals surface area contributed by atoms with Crippen molar-refractivity contribution in [1.29, 1.82) is 0 Å². The van der Waals surface area contributed by atoms with Crippen LogP contribution in [0.3, 0.4) is 0 Å². The molecule has 1 heterocycles. The molecular formula is C4H6O2S. The number of thioether (sulfide) groups is 1. The minimum Gasteiger partial charge on any atom is -0.454 e. The van der Waals surface area contributed by atoms with Gasteiger partial charge in [-0.25, -0.2) is 4.79 Å². The predicted octanol–water partition coefficient (Wildman–Crippen LogP) is 1.26. The molecule has 0 bridgehead atoms. The van der Waals surface area contributed by atoms with E-state index < -0.39 is 0 Å². The fraction of sp³-hybridized carbons (Fsp3) is 0.750. The van der Waals surface area contributed by atoms with E-state index >= 15 is 0 Å². The average Bonchev–Trinajstić information content (AvgIpc) is 1.87. The highest BCUT2D eigenvalue weighted by atomic mass is 32.2. The van der Waals surface area contributed by atoms with E-state index in [4.69, 9.17) is 0 Å². The summed E-state index contributed by atoms with van der Waals surface area (Å²) in [6.45, 7) is 1.89. The van der Waals surface area contributed by atoms with Crippen molar-refractivity contribution >= 4 is 17.1 Å². The highest BCUT2D eigenvalue weighted by Gasteiger charge is 2.18. The Labute approximate surface area is 46.2 Å². The van der Waals surface area contributed by atoms with Crippen LogP contribution >= 0.6 is 11.8 Å². The zero-order valence-electron chi connectivity index (χ0n) is 4.01. The second-order valence-electron chi connectivity index (χ2n) is 1.49. The summed E-state index contributed by atoms with van der Waals surface area (Å²) in [5, 5.41) is -0.132. The molecule has 1 fully saturated rings. The van der Waals surface area contributed by atoms with Crippen molar-refractivity contribution in [3.05, 3.63) is 0 Å². The summed E-state index contributed by atoms with van der Waals surface area (Å²) >= 11 is 1.24. The lowest BCUT2D eigenvalue weighted by molar-refractivity contribution is 0.153. The third kappa shape index (κ3) is 1.09. The molecule has 0 aromatic heterocycles. The van der Waals surface area contributed by atoms with E-state index in [1.807, 2.05) is 6.92 Å². The minimum atomic E-state index is -0.132. The Morgan fingerprint density at radius 2 is 2.71 bits per heavy atom. The number of cyclic esters (lactones) is 1. The summed E-state index contributed by atoms with van der Waals surface area (Å²) in [6, 6.07) is 0. The van der Waals surface area contributed by atoms with Crippen LogP contribution in [0.2, 0.25) is 0 Å². The first-order valence-electron chi connectivity index (χ1n) is 2.12. The lowest BCUT2D eigenvalue weighted by Gasteiger charge is -1.93. The second-order valence-corrected chi connectivity index (χ2v) is 2.44. The maximum Gasteiger partial charge on any atom is 0.367 e. The second kappa shape index (κ2) is 1.74. The maximum atomic E-state index is 10.2. The van der Waals surface area contributed by atoms with Crippen LogP contribution in [-0.2, 0) is 4.74 Å². The molecule has 0 spiro atoms. The van der Waals surface area contributed by atoms with Gasteiger partial charge in [0.1, 0.15) is 6.10 Å². The van der Waals surface area contributed by atoms with Crippen LogP contribution in [0.5, 0.6) is 0 Å². The molecule has 0 radical (unpaired) electrons. The summed E-state index contributed by atoms with van der Waals surface area (Å²) in [7, 11) is 0. The number of ether oxygens (including phenoxy) is 1. The maximum absolute atomic E-state index is 10.2. The Balaban J connectivity index is 2.40. The van der Waals surface area contributed by atoms with E-state index in [0.29, 0.717) is 0 Å². The van der Waals surface area contributed by atoms with Gasteiger partial charge in [-0.1, -0.05) is 0 Å². The highest BCUT2D eigenvalue weighted by molar-refractivity contribution is 8.13. The number of rotatable bonds is 0. The monoisotopic (exact) mass is 118 g/mol. The van der Waals surface area contributed by atoms with Gasteiger partial charge in [0.25, 0.3) is 0 Å². The van der Waals surface area contributed by atoms with Gasteiger partial charge in [-0.05, 0) is 18.7 Å². The molecule has 1 aliphatic rings. The predicted molar refractivity (Wildman–Crippen MR) is 28.4 cm³/mol. The molecule has 1 atom stereocenters. The van der Waals surface area contributed by atoms with Crippen molar-refractivity contribution < 1.29 is 9.53 Å². The molecule has 3 heteroatoms. The van der Waals surface area contributed by atoms with Crippen molar-refractivity contribution in [1.82, 2.24) is 0 Å². The Kier molecular flexibility index (Phi) is 1.23. The zero-order valence-corrected chi connectivity index (χ0v) is 4.83. The minimum absolute atomic E-state index is 0.132. The molecule has 40 valence electrons. The third-order valence-electron chi connectivity index (χ3n) is 0.733. The van der Waals surface area contributed by atoms with Crippen LogP contribution in [0.4, 0.5) is 4.79 Å². The van der Waals surface area contributed by atoms with Gasteiger partial charge in [-0.15, -0.1) is 0 Å². The molecule has 1 rings (SSSR count). The number of hydrogen-bond acceptors (Lipinski definition) is 3. The van der Waals surface area contributed by atoms with Crippen molar-refractivity contribution in [2.45, 2.75) is 13.0 Å². The molecule has 2 nitrogen and oxygen atoms in total. The third-order valence-corrected chi connectivity index (χ3v) is 1.70. The van der Waals surface area contributed by atoms with Gasteiger partial charge in [0.05, 0.1) is 0 Å². The topological polar surface area (TPSA) is 26.3 Å². The zero-order chi connectivity index (χ0) is 5.28. The fourth-order valence-corrected chi connectivity index (χ4v) is 1.09. The summed E-state index contributed by atoms with van der Waals surface area (Å²) < 4.78 is 4.69. The molecule has 1 aliphatic heterocycles. The van der Waals surface area contributed by atoms with Gasteiger partial charge in [0, 0.05) is 5.75 Å². The summed E-state index contributed by atoms with van der Waals surface area (Å²) in [4.78, 5) is 10.2. The number of carbonyl (C=O) groups is 1. The van der Waals surface area contributed by atoms with Gasteiger partial charge in [0.2, 0.25) is 0 Å². The fourth-order valence-electron chi connectivity index (χ4n) is 0.418. The van der Waals surface area contributed by atoms with E-state index in [0.717, 1.165) is 5.75 Å². The van der Waals surface area contributed by atoms with Crippen LogP contribution in [0, 0.1) is 0 Å². The largest absolute Gasteiger partial charge is 0.454 e. The van der Waals surface area contributed by atoms with Crippen LogP contribution in [0.15, 0.2) is 0 Å². The summed E-state index contributed by atoms with van der Waals surface area (Å²) in [6.07, 6.45) is 0.137. The Morgan fingerprint density at radius 1 is 2.00 bits per heavy atom. The molecule has 0 aliphatic carbocycles. The van der Waals surface area contributed by atoms with Gasteiger partial charge in [0.15, 0.2) is 0 Å². The molecule has 1 saturated heterocycles. The summed E-state index contributed by atoms with van der Waals surface area (Å²) in [5.41, 5.74) is 0. The number of carbonyl (C=O) groups excluding carboxylic acids is 1. The lowest BCUT2D eigenvalue weighted by atomic mass is 10.5. The van der Waals surface area contributed by atoms with Crippen LogP contribution in [0.1, 0.15) is 6.92 Å². The lowest BCUT2D eigenvalue weighted by Crippen LogP contribution is -2.01. The van der Waals surface area contributed by atoms with Crippen molar-refractivity contribution in [2.75, 3.05) is 5.75 Å². The Hall–Kier alpha value is -0.180. The van der Waals surface area contributed by atoms with E-state index in [2.05, 4.69) is 4.74 Å². The van der Waals surface area contributed by atoms with Crippen LogP contribution in [-0.4, -0.2) is 17.2 Å². The van der Waals surface area contributed by atoms with Crippen molar-refractivity contribution in [2.24, 2.45) is 0 Å². The van der Waals surface area contributed by atoms with E-state index in [-0.39, 0.29) is 11.4 Å². The molecule has 0 unspecified atom stereocenters. The van der Waals surface area contributed by atoms with Crippen molar-refractivity contribution in [3.63, 3.8) is 0 Å². The summed E-state index contributed by atoms with van der Waals surface area (Å²) in [5.74, 6) is 0.818. The van der Waals surface area contributed by atoms with Gasteiger partial charge in [-0.2, -0.15) is 0 Å². The number of hydrogen-bond donors (Lipinski definition) is 0. The van der Waals surface area contributed by atoms with E-state index in [1.165, 1.54) is 11.8 Å². The molecule has 0 aromatic rings. The molecule has 0 aromatic carbocycles. The molecule has 0 amide bonds. The molecule has 7 heavy (non-hydrogen) atoms.